The number of carbonyl (C=O) groups is 1. The van der Waals surface area contributed by atoms with Gasteiger partial charge >= 0.3 is 0 Å². The zero-order chi connectivity index (χ0) is 11.5. The van der Waals surface area contributed by atoms with Gasteiger partial charge in [0, 0.05) is 28.0 Å². The van der Waals surface area contributed by atoms with Crippen LogP contribution in [0.25, 0.3) is 11.1 Å². The van der Waals surface area contributed by atoms with Gasteiger partial charge in [0.05, 0.1) is 0 Å². The number of nitrogens with zero attached hydrogens (tertiary/aromatic N) is 1. The highest BCUT2D eigenvalue weighted by atomic mass is 79.9. The highest BCUT2D eigenvalue weighted by Crippen LogP contribution is 2.25. The summed E-state index contributed by atoms with van der Waals surface area (Å²) >= 11 is 3.49. The van der Waals surface area contributed by atoms with Crippen molar-refractivity contribution in [1.82, 2.24) is 4.98 Å². The summed E-state index contributed by atoms with van der Waals surface area (Å²) in [5.74, 6) is 0. The molecule has 80 valence electrons. The van der Waals surface area contributed by atoms with Crippen LogP contribution in [0.1, 0.15) is 15.9 Å². The topological polar surface area (TPSA) is 30.0 Å². The maximum absolute atomic E-state index is 10.7. The minimum atomic E-state index is 0.592. The third-order valence-corrected chi connectivity index (χ3v) is 3.25. The summed E-state index contributed by atoms with van der Waals surface area (Å²) in [6.45, 7) is 2.04. The number of halogens is 1. The maximum atomic E-state index is 10.7. The molecule has 2 aromatic rings. The molecule has 0 bridgehead atoms. The molecule has 0 amide bonds. The van der Waals surface area contributed by atoms with Gasteiger partial charge in [-0.05, 0) is 30.2 Å². The largest absolute Gasteiger partial charge is 0.298 e. The summed E-state index contributed by atoms with van der Waals surface area (Å²) < 4.78 is 1.06. The van der Waals surface area contributed by atoms with Gasteiger partial charge in [0.2, 0.25) is 0 Å². The quantitative estimate of drug-likeness (QED) is 0.784. The van der Waals surface area contributed by atoms with Gasteiger partial charge in [-0.25, -0.2) is 0 Å². The number of benzene rings is 1. The van der Waals surface area contributed by atoms with Gasteiger partial charge in [0.15, 0.2) is 6.29 Å². The molecule has 0 radical (unpaired) electrons. The number of aryl methyl sites for hydroxylation is 1. The van der Waals surface area contributed by atoms with E-state index in [2.05, 4.69) is 20.9 Å². The van der Waals surface area contributed by atoms with E-state index in [9.17, 15) is 4.79 Å². The average molecular weight is 276 g/mol. The van der Waals surface area contributed by atoms with Crippen molar-refractivity contribution in [1.29, 1.82) is 0 Å². The molecular formula is C13H10BrNO. The highest BCUT2D eigenvalue weighted by molar-refractivity contribution is 9.10. The van der Waals surface area contributed by atoms with E-state index in [1.165, 1.54) is 5.56 Å². The Balaban J connectivity index is 2.49. The van der Waals surface area contributed by atoms with Crippen LogP contribution in [0, 0.1) is 6.92 Å². The van der Waals surface area contributed by atoms with Gasteiger partial charge in [0.25, 0.3) is 0 Å². The van der Waals surface area contributed by atoms with Crippen molar-refractivity contribution in [2.24, 2.45) is 0 Å². The molecule has 0 aliphatic heterocycles. The van der Waals surface area contributed by atoms with E-state index in [1.807, 2.05) is 31.2 Å². The molecule has 1 heterocycles. The van der Waals surface area contributed by atoms with Gasteiger partial charge in [0.1, 0.15) is 0 Å². The first kappa shape index (κ1) is 11.0. The molecule has 3 heteroatoms. The van der Waals surface area contributed by atoms with Crippen LogP contribution in [-0.4, -0.2) is 11.3 Å². The Bertz CT molecular complexity index is 537. The van der Waals surface area contributed by atoms with Crippen molar-refractivity contribution in [2.45, 2.75) is 6.92 Å². The molecule has 16 heavy (non-hydrogen) atoms. The molecule has 0 saturated carbocycles. The minimum Gasteiger partial charge on any atom is -0.298 e. The Morgan fingerprint density at radius 2 is 2.00 bits per heavy atom. The van der Waals surface area contributed by atoms with Crippen LogP contribution in [0.15, 0.2) is 41.1 Å². The van der Waals surface area contributed by atoms with Gasteiger partial charge in [-0.1, -0.05) is 28.1 Å². The van der Waals surface area contributed by atoms with Crippen molar-refractivity contribution in [2.75, 3.05) is 0 Å². The summed E-state index contributed by atoms with van der Waals surface area (Å²) in [7, 11) is 0. The predicted molar refractivity (Wildman–Crippen MR) is 67.5 cm³/mol. The zero-order valence-electron chi connectivity index (χ0n) is 8.77. The second kappa shape index (κ2) is 4.58. The Labute approximate surface area is 102 Å². The molecule has 2 nitrogen and oxygen atoms in total. The number of aromatic nitrogens is 1. The molecule has 2 rings (SSSR count). The standard InChI is InChI=1S/C13H10BrNO/c1-9-2-3-11(5-13(9)14)12-4-10(8-16)6-15-7-12/h2-8H,1H3. The van der Waals surface area contributed by atoms with E-state index < -0.39 is 0 Å². The number of rotatable bonds is 2. The van der Waals surface area contributed by atoms with Crippen LogP contribution in [0.2, 0.25) is 0 Å². The van der Waals surface area contributed by atoms with Gasteiger partial charge in [-0.3, -0.25) is 9.78 Å². The molecule has 0 unspecified atom stereocenters. The fourth-order valence-corrected chi connectivity index (χ4v) is 1.83. The summed E-state index contributed by atoms with van der Waals surface area (Å²) in [5.41, 5.74) is 3.77. The summed E-state index contributed by atoms with van der Waals surface area (Å²) in [5, 5.41) is 0. The van der Waals surface area contributed by atoms with Crippen LogP contribution in [0.5, 0.6) is 0 Å². The number of pyridine rings is 1. The minimum absolute atomic E-state index is 0.592. The highest BCUT2D eigenvalue weighted by Gasteiger charge is 2.02. The third-order valence-electron chi connectivity index (χ3n) is 2.40. The van der Waals surface area contributed by atoms with E-state index in [0.29, 0.717) is 5.56 Å². The first-order valence-corrected chi connectivity index (χ1v) is 5.67. The number of carbonyl (C=O) groups excluding carboxylic acids is 1. The van der Waals surface area contributed by atoms with Gasteiger partial charge in [-0.2, -0.15) is 0 Å². The Morgan fingerprint density at radius 3 is 2.69 bits per heavy atom. The lowest BCUT2D eigenvalue weighted by Crippen LogP contribution is -1.86. The first-order valence-electron chi connectivity index (χ1n) is 4.87. The fraction of sp³-hybridized carbons (Fsp3) is 0.0769. The van der Waals surface area contributed by atoms with Crippen LogP contribution in [0.3, 0.4) is 0 Å². The molecule has 1 aromatic carbocycles. The molecule has 0 N–H and O–H groups in total. The number of aldehydes is 1. The summed E-state index contributed by atoms with van der Waals surface area (Å²) in [4.78, 5) is 14.7. The molecule has 0 fully saturated rings. The first-order chi connectivity index (χ1) is 7.70. The normalized spacial score (nSPS) is 10.1. The molecule has 0 aliphatic rings. The third kappa shape index (κ3) is 2.19. The second-order valence-corrected chi connectivity index (χ2v) is 4.44. The smallest absolute Gasteiger partial charge is 0.151 e. The summed E-state index contributed by atoms with van der Waals surface area (Å²) in [6.07, 6.45) is 4.11. The van der Waals surface area contributed by atoms with Crippen molar-refractivity contribution >= 4 is 22.2 Å². The van der Waals surface area contributed by atoms with Crippen LogP contribution in [0.4, 0.5) is 0 Å². The molecule has 0 aliphatic carbocycles. The van der Waals surface area contributed by atoms with Crippen LogP contribution >= 0.6 is 15.9 Å². The maximum Gasteiger partial charge on any atom is 0.151 e. The molecule has 0 spiro atoms. The SMILES string of the molecule is Cc1ccc(-c2cncc(C=O)c2)cc1Br. The fourth-order valence-electron chi connectivity index (χ4n) is 1.45. The van der Waals surface area contributed by atoms with Crippen LogP contribution in [-0.2, 0) is 0 Å². The zero-order valence-corrected chi connectivity index (χ0v) is 10.4. The molecule has 1 aromatic heterocycles. The average Bonchev–Trinajstić information content (AvgIpc) is 2.33. The van der Waals surface area contributed by atoms with E-state index in [0.717, 1.165) is 21.9 Å². The van der Waals surface area contributed by atoms with E-state index >= 15 is 0 Å². The molecular weight excluding hydrogens is 266 g/mol. The lowest BCUT2D eigenvalue weighted by molar-refractivity contribution is 0.112. The van der Waals surface area contributed by atoms with Crippen molar-refractivity contribution < 1.29 is 4.79 Å². The van der Waals surface area contributed by atoms with Gasteiger partial charge < -0.3 is 0 Å². The predicted octanol–water partition coefficient (Wildman–Crippen LogP) is 3.63. The number of hydrogen-bond donors (Lipinski definition) is 0. The van der Waals surface area contributed by atoms with Crippen LogP contribution < -0.4 is 0 Å². The van der Waals surface area contributed by atoms with Crippen molar-refractivity contribution in [3.8, 4) is 11.1 Å². The molecule has 0 saturated heterocycles. The Kier molecular flexibility index (Phi) is 3.15. The van der Waals surface area contributed by atoms with E-state index in [1.54, 1.807) is 12.4 Å². The van der Waals surface area contributed by atoms with Gasteiger partial charge in [-0.15, -0.1) is 0 Å². The summed E-state index contributed by atoms with van der Waals surface area (Å²) in [6, 6.07) is 7.91. The Morgan fingerprint density at radius 1 is 1.19 bits per heavy atom. The van der Waals surface area contributed by atoms with Crippen molar-refractivity contribution in [3.63, 3.8) is 0 Å². The second-order valence-electron chi connectivity index (χ2n) is 3.59. The lowest BCUT2D eigenvalue weighted by atomic mass is 10.1. The Hall–Kier alpha value is -1.48. The monoisotopic (exact) mass is 275 g/mol. The molecule has 0 atom stereocenters. The lowest BCUT2D eigenvalue weighted by Gasteiger charge is -2.04. The van der Waals surface area contributed by atoms with E-state index in [4.69, 9.17) is 0 Å². The van der Waals surface area contributed by atoms with Crippen molar-refractivity contribution in [3.05, 3.63) is 52.3 Å². The number of hydrogen-bond acceptors (Lipinski definition) is 2. The van der Waals surface area contributed by atoms with E-state index in [-0.39, 0.29) is 0 Å².